The topological polar surface area (TPSA) is 35.5 Å². The molecular formula is C16H23FN2O. The molecule has 2 N–H and O–H groups in total. The third-order valence-electron chi connectivity index (χ3n) is 4.55. The first-order valence-electron chi connectivity index (χ1n) is 7.59. The molecule has 0 bridgehead atoms. The summed E-state index contributed by atoms with van der Waals surface area (Å²) in [5.41, 5.74) is 1.28. The summed E-state index contributed by atoms with van der Waals surface area (Å²) in [4.78, 5) is 2.39. The molecule has 1 saturated heterocycles. The number of phenols is 1. The highest BCUT2D eigenvalue weighted by Crippen LogP contribution is 2.43. The number of aryl methyl sites for hydroxylation is 1. The van der Waals surface area contributed by atoms with Gasteiger partial charge in [-0.1, -0.05) is 25.0 Å². The number of nitrogens with zero attached hydrogens (tertiary/aromatic N) is 1. The monoisotopic (exact) mass is 278 g/mol. The van der Waals surface area contributed by atoms with Crippen LogP contribution in [0, 0.1) is 18.7 Å². The number of aromatic hydroxyl groups is 1. The smallest absolute Gasteiger partial charge is 0.168 e. The minimum absolute atomic E-state index is 0.144. The maximum atomic E-state index is 14.0. The largest absolute Gasteiger partial charge is 0.505 e. The summed E-state index contributed by atoms with van der Waals surface area (Å²) >= 11 is 0. The summed E-state index contributed by atoms with van der Waals surface area (Å²) in [6, 6.07) is 3.84. The summed E-state index contributed by atoms with van der Waals surface area (Å²) in [5, 5.41) is 13.5. The number of halogens is 1. The van der Waals surface area contributed by atoms with Crippen molar-refractivity contribution in [3.8, 4) is 5.75 Å². The molecule has 4 heteroatoms. The fourth-order valence-corrected chi connectivity index (χ4v) is 3.09. The van der Waals surface area contributed by atoms with Gasteiger partial charge in [0, 0.05) is 37.8 Å². The van der Waals surface area contributed by atoms with E-state index in [1.165, 1.54) is 12.8 Å². The predicted molar refractivity (Wildman–Crippen MR) is 77.3 cm³/mol. The molecule has 0 aromatic heterocycles. The minimum Gasteiger partial charge on any atom is -0.505 e. The Morgan fingerprint density at radius 1 is 1.35 bits per heavy atom. The third kappa shape index (κ3) is 2.81. The van der Waals surface area contributed by atoms with Gasteiger partial charge in [-0.15, -0.1) is 0 Å². The van der Waals surface area contributed by atoms with Crippen LogP contribution in [-0.2, 0) is 0 Å². The molecular weight excluding hydrogens is 255 g/mol. The van der Waals surface area contributed by atoms with Crippen molar-refractivity contribution in [3.63, 3.8) is 0 Å². The Bertz CT molecular complexity index is 482. The normalized spacial score (nSPS) is 21.9. The molecule has 1 aromatic carbocycles. The molecule has 1 atom stereocenters. The number of hydrogen-bond acceptors (Lipinski definition) is 3. The van der Waals surface area contributed by atoms with Crippen LogP contribution in [0.3, 0.4) is 0 Å². The van der Waals surface area contributed by atoms with E-state index in [1.807, 2.05) is 6.07 Å². The summed E-state index contributed by atoms with van der Waals surface area (Å²) < 4.78 is 14.0. The highest BCUT2D eigenvalue weighted by molar-refractivity contribution is 5.40. The first-order chi connectivity index (χ1) is 9.66. The van der Waals surface area contributed by atoms with Crippen molar-refractivity contribution in [1.82, 2.24) is 10.2 Å². The van der Waals surface area contributed by atoms with Gasteiger partial charge in [-0.2, -0.15) is 0 Å². The second-order valence-corrected chi connectivity index (χ2v) is 6.12. The summed E-state index contributed by atoms with van der Waals surface area (Å²) in [5.74, 6) is 0.145. The van der Waals surface area contributed by atoms with E-state index >= 15 is 0 Å². The Labute approximate surface area is 119 Å². The minimum atomic E-state index is -0.460. The van der Waals surface area contributed by atoms with E-state index in [1.54, 1.807) is 13.0 Å². The van der Waals surface area contributed by atoms with Crippen LogP contribution in [0.1, 0.15) is 36.4 Å². The van der Waals surface area contributed by atoms with Crippen molar-refractivity contribution in [3.05, 3.63) is 29.1 Å². The fraction of sp³-hybridized carbons (Fsp3) is 0.625. The molecule has 1 heterocycles. The Kier molecular flexibility index (Phi) is 3.94. The quantitative estimate of drug-likeness (QED) is 0.888. The van der Waals surface area contributed by atoms with Crippen LogP contribution in [0.15, 0.2) is 12.1 Å². The van der Waals surface area contributed by atoms with Crippen LogP contribution in [0.5, 0.6) is 5.75 Å². The molecule has 20 heavy (non-hydrogen) atoms. The van der Waals surface area contributed by atoms with Crippen molar-refractivity contribution < 1.29 is 9.50 Å². The van der Waals surface area contributed by atoms with Gasteiger partial charge >= 0.3 is 0 Å². The lowest BCUT2D eigenvalue weighted by molar-refractivity contribution is 0.157. The maximum Gasteiger partial charge on any atom is 0.168 e. The Morgan fingerprint density at radius 2 is 2.05 bits per heavy atom. The van der Waals surface area contributed by atoms with Crippen LogP contribution < -0.4 is 5.32 Å². The molecule has 0 radical (unpaired) electrons. The Balaban J connectivity index is 1.89. The lowest BCUT2D eigenvalue weighted by Gasteiger charge is -2.35. The number of phenolic OH excluding ortho intramolecular Hbond substituents is 1. The van der Waals surface area contributed by atoms with Gasteiger partial charge in [-0.3, -0.25) is 4.90 Å². The van der Waals surface area contributed by atoms with Gasteiger partial charge in [0.2, 0.25) is 0 Å². The number of hydrogen-bond donors (Lipinski definition) is 2. The van der Waals surface area contributed by atoms with Gasteiger partial charge in [-0.25, -0.2) is 4.39 Å². The van der Waals surface area contributed by atoms with Gasteiger partial charge < -0.3 is 10.4 Å². The average molecular weight is 278 g/mol. The van der Waals surface area contributed by atoms with E-state index < -0.39 is 5.82 Å². The molecule has 0 amide bonds. The molecule has 1 aliphatic heterocycles. The van der Waals surface area contributed by atoms with Crippen LogP contribution in [-0.4, -0.2) is 36.2 Å². The maximum absolute atomic E-state index is 14.0. The Hall–Kier alpha value is -1.13. The van der Waals surface area contributed by atoms with Crippen molar-refractivity contribution in [2.45, 2.75) is 32.2 Å². The summed E-state index contributed by atoms with van der Waals surface area (Å²) in [7, 11) is 0. The van der Waals surface area contributed by atoms with Gasteiger partial charge in [0.1, 0.15) is 0 Å². The highest BCUT2D eigenvalue weighted by atomic mass is 19.1. The molecule has 0 unspecified atom stereocenters. The number of piperazine rings is 1. The number of nitrogens with one attached hydrogen (secondary N) is 1. The zero-order chi connectivity index (χ0) is 14.1. The molecule has 2 fully saturated rings. The van der Waals surface area contributed by atoms with Gasteiger partial charge in [0.05, 0.1) is 0 Å². The van der Waals surface area contributed by atoms with E-state index in [0.29, 0.717) is 5.56 Å². The molecule has 0 spiro atoms. The van der Waals surface area contributed by atoms with Gasteiger partial charge in [0.15, 0.2) is 11.6 Å². The molecule has 1 aliphatic carbocycles. The van der Waals surface area contributed by atoms with Gasteiger partial charge in [-0.05, 0) is 24.8 Å². The van der Waals surface area contributed by atoms with Crippen LogP contribution in [0.2, 0.25) is 0 Å². The molecule has 3 nitrogen and oxygen atoms in total. The third-order valence-corrected chi connectivity index (χ3v) is 4.55. The SMILES string of the molecule is Cc1ccc([C@H](CC2CC2)N2CCNCC2)c(O)c1F. The summed E-state index contributed by atoms with van der Waals surface area (Å²) in [6.45, 7) is 5.56. The van der Waals surface area contributed by atoms with Crippen molar-refractivity contribution in [2.75, 3.05) is 26.2 Å². The molecule has 3 rings (SSSR count). The van der Waals surface area contributed by atoms with Crippen molar-refractivity contribution in [1.29, 1.82) is 0 Å². The molecule has 2 aliphatic rings. The van der Waals surface area contributed by atoms with Gasteiger partial charge in [0.25, 0.3) is 0 Å². The van der Waals surface area contributed by atoms with Crippen molar-refractivity contribution in [2.24, 2.45) is 5.92 Å². The predicted octanol–water partition coefficient (Wildman–Crippen LogP) is 2.59. The van der Waals surface area contributed by atoms with Crippen LogP contribution in [0.25, 0.3) is 0 Å². The van der Waals surface area contributed by atoms with Crippen LogP contribution in [0.4, 0.5) is 4.39 Å². The zero-order valence-electron chi connectivity index (χ0n) is 12.0. The zero-order valence-corrected chi connectivity index (χ0v) is 12.0. The fourth-order valence-electron chi connectivity index (χ4n) is 3.09. The molecule has 110 valence electrons. The van der Waals surface area contributed by atoms with Crippen molar-refractivity contribution >= 4 is 0 Å². The lowest BCUT2D eigenvalue weighted by atomic mass is 9.96. The first kappa shape index (κ1) is 13.8. The summed E-state index contributed by atoms with van der Waals surface area (Å²) in [6.07, 6.45) is 3.59. The first-order valence-corrected chi connectivity index (χ1v) is 7.59. The highest BCUT2D eigenvalue weighted by Gasteiger charge is 2.32. The standard InChI is InChI=1S/C16H23FN2O/c1-11-2-5-13(16(20)15(11)17)14(10-12-3-4-12)19-8-6-18-7-9-19/h2,5,12,14,18,20H,3-4,6-10H2,1H3/t14-/m0/s1. The number of rotatable bonds is 4. The van der Waals surface area contributed by atoms with E-state index in [2.05, 4.69) is 10.2 Å². The number of benzene rings is 1. The lowest BCUT2D eigenvalue weighted by Crippen LogP contribution is -2.45. The van der Waals surface area contributed by atoms with Crippen LogP contribution >= 0.6 is 0 Å². The second kappa shape index (κ2) is 5.70. The van der Waals surface area contributed by atoms with E-state index in [-0.39, 0.29) is 11.8 Å². The molecule has 1 aromatic rings. The van der Waals surface area contributed by atoms with E-state index in [0.717, 1.165) is 44.1 Å². The second-order valence-electron chi connectivity index (χ2n) is 6.12. The average Bonchev–Trinajstić information content (AvgIpc) is 3.28. The van der Waals surface area contributed by atoms with E-state index in [4.69, 9.17) is 0 Å². The Morgan fingerprint density at radius 3 is 2.70 bits per heavy atom. The molecule has 1 saturated carbocycles. The van der Waals surface area contributed by atoms with E-state index in [9.17, 15) is 9.50 Å².